The molecule has 0 aliphatic rings. The number of methoxy groups -OCH3 is 2. The maximum absolute atomic E-state index is 11.9. The van der Waals surface area contributed by atoms with E-state index in [2.05, 4.69) is 25.9 Å². The minimum Gasteiger partial charge on any atom is -0.494 e. The molecule has 2 rings (SSSR count). The van der Waals surface area contributed by atoms with E-state index in [4.69, 9.17) is 9.47 Å². The number of pyridine rings is 2. The standard InChI is InChI=1S/C14H13BrN2O3/c1-8-4-9(11(6-16-8)14(18)20-3)10-5-13(15)17-7-12(10)19-2/h4-7H,1-3H3. The van der Waals surface area contributed by atoms with Crippen LogP contribution < -0.4 is 4.74 Å². The minimum atomic E-state index is -0.442. The number of carbonyl (C=O) groups excluding carboxylic acids is 1. The second-order valence-corrected chi connectivity index (χ2v) is 4.88. The van der Waals surface area contributed by atoms with E-state index in [1.54, 1.807) is 19.4 Å². The van der Waals surface area contributed by atoms with Crippen molar-refractivity contribution in [1.82, 2.24) is 9.97 Å². The Morgan fingerprint density at radius 3 is 2.55 bits per heavy atom. The molecular weight excluding hydrogens is 324 g/mol. The van der Waals surface area contributed by atoms with Gasteiger partial charge >= 0.3 is 5.97 Å². The molecule has 20 heavy (non-hydrogen) atoms. The third-order valence-corrected chi connectivity index (χ3v) is 3.22. The summed E-state index contributed by atoms with van der Waals surface area (Å²) >= 11 is 3.32. The van der Waals surface area contributed by atoms with Gasteiger partial charge in [-0.05, 0) is 35.0 Å². The SMILES string of the molecule is COC(=O)c1cnc(C)cc1-c1cc(Br)ncc1OC. The first kappa shape index (κ1) is 14.5. The molecule has 104 valence electrons. The molecule has 0 fully saturated rings. The molecule has 0 amide bonds. The number of aromatic nitrogens is 2. The fourth-order valence-corrected chi connectivity index (χ4v) is 2.18. The molecule has 0 atom stereocenters. The highest BCUT2D eigenvalue weighted by molar-refractivity contribution is 9.10. The highest BCUT2D eigenvalue weighted by Crippen LogP contribution is 2.33. The first-order valence-corrected chi connectivity index (χ1v) is 6.61. The zero-order chi connectivity index (χ0) is 14.7. The molecule has 0 N–H and O–H groups in total. The third-order valence-electron chi connectivity index (χ3n) is 2.79. The van der Waals surface area contributed by atoms with Gasteiger partial charge in [-0.15, -0.1) is 0 Å². The topological polar surface area (TPSA) is 61.3 Å². The molecule has 2 aromatic heterocycles. The summed E-state index contributed by atoms with van der Waals surface area (Å²) in [6.45, 7) is 1.85. The van der Waals surface area contributed by atoms with Gasteiger partial charge in [-0.1, -0.05) is 0 Å². The van der Waals surface area contributed by atoms with Gasteiger partial charge in [0.2, 0.25) is 0 Å². The Kier molecular flexibility index (Phi) is 4.34. The Labute approximate surface area is 125 Å². The molecule has 2 aromatic rings. The number of hydrogen-bond acceptors (Lipinski definition) is 5. The lowest BCUT2D eigenvalue weighted by Gasteiger charge is -2.12. The van der Waals surface area contributed by atoms with Crippen LogP contribution in [0.3, 0.4) is 0 Å². The van der Waals surface area contributed by atoms with Crippen LogP contribution in [-0.4, -0.2) is 30.2 Å². The van der Waals surface area contributed by atoms with Gasteiger partial charge in [-0.25, -0.2) is 9.78 Å². The van der Waals surface area contributed by atoms with Crippen LogP contribution in [0, 0.1) is 6.92 Å². The van der Waals surface area contributed by atoms with Crippen LogP contribution >= 0.6 is 15.9 Å². The molecule has 0 aliphatic carbocycles. The van der Waals surface area contributed by atoms with E-state index in [1.165, 1.54) is 13.3 Å². The fourth-order valence-electron chi connectivity index (χ4n) is 1.85. The molecule has 6 heteroatoms. The summed E-state index contributed by atoms with van der Waals surface area (Å²) in [6.07, 6.45) is 3.10. The van der Waals surface area contributed by atoms with Crippen molar-refractivity contribution in [3.8, 4) is 16.9 Å². The lowest BCUT2D eigenvalue weighted by atomic mass is 10.0. The number of carbonyl (C=O) groups is 1. The van der Waals surface area contributed by atoms with Crippen molar-refractivity contribution in [2.24, 2.45) is 0 Å². The first-order chi connectivity index (χ1) is 9.56. The predicted molar refractivity (Wildman–Crippen MR) is 77.8 cm³/mol. The Bertz CT molecular complexity index is 659. The Balaban J connectivity index is 2.71. The third kappa shape index (κ3) is 2.80. The van der Waals surface area contributed by atoms with Crippen LogP contribution in [0.1, 0.15) is 16.1 Å². The summed E-state index contributed by atoms with van der Waals surface area (Å²) in [5.41, 5.74) is 2.63. The largest absolute Gasteiger partial charge is 0.494 e. The number of hydrogen-bond donors (Lipinski definition) is 0. The Morgan fingerprint density at radius 2 is 1.90 bits per heavy atom. The van der Waals surface area contributed by atoms with E-state index < -0.39 is 5.97 Å². The highest BCUT2D eigenvalue weighted by Gasteiger charge is 2.18. The Morgan fingerprint density at radius 1 is 1.15 bits per heavy atom. The molecule has 2 heterocycles. The number of halogens is 1. The van der Waals surface area contributed by atoms with Crippen LogP contribution in [0.5, 0.6) is 5.75 Å². The van der Waals surface area contributed by atoms with E-state index in [9.17, 15) is 4.79 Å². The van der Waals surface area contributed by atoms with E-state index in [-0.39, 0.29) is 0 Å². The second kappa shape index (κ2) is 6.00. The maximum atomic E-state index is 11.9. The van der Waals surface area contributed by atoms with Crippen molar-refractivity contribution in [2.45, 2.75) is 6.92 Å². The van der Waals surface area contributed by atoms with Crippen LogP contribution in [0.4, 0.5) is 0 Å². The van der Waals surface area contributed by atoms with Gasteiger partial charge in [0.1, 0.15) is 10.4 Å². The van der Waals surface area contributed by atoms with Gasteiger partial charge in [-0.2, -0.15) is 0 Å². The van der Waals surface area contributed by atoms with Crippen LogP contribution in [0.25, 0.3) is 11.1 Å². The van der Waals surface area contributed by atoms with Crippen LogP contribution in [0.2, 0.25) is 0 Å². The molecule has 0 aliphatic heterocycles. The van der Waals surface area contributed by atoms with E-state index >= 15 is 0 Å². The summed E-state index contributed by atoms with van der Waals surface area (Å²) in [5, 5.41) is 0. The smallest absolute Gasteiger partial charge is 0.340 e. The highest BCUT2D eigenvalue weighted by atomic mass is 79.9. The number of aryl methyl sites for hydroxylation is 1. The maximum Gasteiger partial charge on any atom is 0.340 e. The molecule has 0 saturated heterocycles. The van der Waals surface area contributed by atoms with Crippen molar-refractivity contribution in [2.75, 3.05) is 14.2 Å². The summed E-state index contributed by atoms with van der Waals surface area (Å²) in [7, 11) is 2.89. The molecule has 0 unspecified atom stereocenters. The number of nitrogens with zero attached hydrogens (tertiary/aromatic N) is 2. The van der Waals surface area contributed by atoms with Crippen molar-refractivity contribution in [3.63, 3.8) is 0 Å². The lowest BCUT2D eigenvalue weighted by Crippen LogP contribution is -2.05. The molecule has 0 radical (unpaired) electrons. The van der Waals surface area contributed by atoms with E-state index in [0.29, 0.717) is 21.5 Å². The molecule has 0 saturated carbocycles. The van der Waals surface area contributed by atoms with Crippen molar-refractivity contribution >= 4 is 21.9 Å². The first-order valence-electron chi connectivity index (χ1n) is 5.81. The lowest BCUT2D eigenvalue weighted by molar-refractivity contribution is 0.0601. The summed E-state index contributed by atoms with van der Waals surface area (Å²) in [4.78, 5) is 20.1. The quantitative estimate of drug-likeness (QED) is 0.636. The average Bonchev–Trinajstić information content (AvgIpc) is 2.46. The molecule has 5 nitrogen and oxygen atoms in total. The van der Waals surface area contributed by atoms with Gasteiger partial charge in [-0.3, -0.25) is 4.98 Å². The molecule has 0 aromatic carbocycles. The summed E-state index contributed by atoms with van der Waals surface area (Å²) in [6, 6.07) is 3.61. The molecule has 0 spiro atoms. The average molecular weight is 337 g/mol. The van der Waals surface area contributed by atoms with Gasteiger partial charge < -0.3 is 9.47 Å². The van der Waals surface area contributed by atoms with Gasteiger partial charge in [0.25, 0.3) is 0 Å². The van der Waals surface area contributed by atoms with Crippen molar-refractivity contribution in [1.29, 1.82) is 0 Å². The normalized spacial score (nSPS) is 10.2. The Hall–Kier alpha value is -1.95. The van der Waals surface area contributed by atoms with Gasteiger partial charge in [0.15, 0.2) is 0 Å². The summed E-state index contributed by atoms with van der Waals surface area (Å²) in [5.74, 6) is 0.131. The molecular formula is C14H13BrN2O3. The van der Waals surface area contributed by atoms with Crippen molar-refractivity contribution in [3.05, 3.63) is 40.4 Å². The monoisotopic (exact) mass is 336 g/mol. The van der Waals surface area contributed by atoms with E-state index in [1.807, 2.05) is 13.0 Å². The molecule has 0 bridgehead atoms. The zero-order valence-electron chi connectivity index (χ0n) is 11.3. The van der Waals surface area contributed by atoms with Gasteiger partial charge in [0, 0.05) is 23.0 Å². The van der Waals surface area contributed by atoms with Gasteiger partial charge in [0.05, 0.1) is 26.0 Å². The van der Waals surface area contributed by atoms with E-state index in [0.717, 1.165) is 11.3 Å². The number of rotatable bonds is 3. The number of ether oxygens (including phenoxy) is 2. The number of esters is 1. The minimum absolute atomic E-state index is 0.384. The fraction of sp³-hybridized carbons (Fsp3) is 0.214. The van der Waals surface area contributed by atoms with Crippen molar-refractivity contribution < 1.29 is 14.3 Å². The second-order valence-electron chi connectivity index (χ2n) is 4.07. The van der Waals surface area contributed by atoms with Crippen LogP contribution in [-0.2, 0) is 4.74 Å². The van der Waals surface area contributed by atoms with Crippen LogP contribution in [0.15, 0.2) is 29.1 Å². The zero-order valence-corrected chi connectivity index (χ0v) is 12.9. The summed E-state index contributed by atoms with van der Waals surface area (Å²) < 4.78 is 10.8. The predicted octanol–water partition coefficient (Wildman–Crippen LogP) is 3.01.